The van der Waals surface area contributed by atoms with E-state index in [0.29, 0.717) is 0 Å². The highest BCUT2D eigenvalue weighted by Gasteiger charge is 2.33. The van der Waals surface area contributed by atoms with Crippen LogP contribution in [-0.4, -0.2) is 37.6 Å². The summed E-state index contributed by atoms with van der Waals surface area (Å²) in [6, 6.07) is 0.753. The number of rotatable bonds is 8. The van der Waals surface area contributed by atoms with Gasteiger partial charge in [-0.3, -0.25) is 0 Å². The zero-order valence-electron chi connectivity index (χ0n) is 14.2. The molecular weight excluding hydrogens is 244 g/mol. The van der Waals surface area contributed by atoms with Crippen molar-refractivity contribution in [2.45, 2.75) is 65.3 Å². The number of nitrogens with one attached hydrogen (secondary N) is 1. The van der Waals surface area contributed by atoms with Gasteiger partial charge < -0.3 is 10.2 Å². The molecule has 0 saturated heterocycles. The summed E-state index contributed by atoms with van der Waals surface area (Å²) in [6.45, 7) is 11.2. The Morgan fingerprint density at radius 1 is 1.10 bits per heavy atom. The lowest BCUT2D eigenvalue weighted by Crippen LogP contribution is -2.45. The molecule has 2 aliphatic rings. The molecule has 0 aromatic carbocycles. The van der Waals surface area contributed by atoms with Crippen LogP contribution in [0.15, 0.2) is 0 Å². The molecule has 0 amide bonds. The van der Waals surface area contributed by atoms with Gasteiger partial charge in [-0.1, -0.05) is 20.8 Å². The maximum Gasteiger partial charge on any atom is 0.0105 e. The molecule has 0 aromatic heterocycles. The third kappa shape index (κ3) is 4.73. The van der Waals surface area contributed by atoms with E-state index < -0.39 is 0 Å². The van der Waals surface area contributed by atoms with E-state index in [-0.39, 0.29) is 0 Å². The van der Waals surface area contributed by atoms with Gasteiger partial charge in [0.1, 0.15) is 0 Å². The lowest BCUT2D eigenvalue weighted by molar-refractivity contribution is 0.122. The quantitative estimate of drug-likeness (QED) is 0.728. The van der Waals surface area contributed by atoms with Gasteiger partial charge in [0.25, 0.3) is 0 Å². The summed E-state index contributed by atoms with van der Waals surface area (Å²) in [5, 5.41) is 3.60. The Kier molecular flexibility index (Phi) is 6.35. The second-order valence-electron chi connectivity index (χ2n) is 7.68. The highest BCUT2D eigenvalue weighted by Crippen LogP contribution is 2.35. The van der Waals surface area contributed by atoms with Crippen molar-refractivity contribution in [1.29, 1.82) is 0 Å². The van der Waals surface area contributed by atoms with Gasteiger partial charge in [0.05, 0.1) is 0 Å². The molecule has 0 heterocycles. The zero-order chi connectivity index (χ0) is 14.5. The molecule has 0 aromatic rings. The van der Waals surface area contributed by atoms with Gasteiger partial charge in [0.2, 0.25) is 0 Å². The van der Waals surface area contributed by atoms with E-state index >= 15 is 0 Å². The molecule has 2 fully saturated rings. The third-order valence-corrected chi connectivity index (χ3v) is 5.58. The number of nitrogens with zero attached hydrogens (tertiary/aromatic N) is 1. The molecule has 2 rings (SSSR count). The molecule has 0 bridgehead atoms. The molecule has 2 aliphatic carbocycles. The van der Waals surface area contributed by atoms with Crippen LogP contribution in [0.25, 0.3) is 0 Å². The molecule has 1 N–H and O–H groups in total. The normalized spacial score (nSPS) is 31.2. The molecule has 0 spiro atoms. The number of hydrogen-bond acceptors (Lipinski definition) is 2. The van der Waals surface area contributed by atoms with E-state index in [9.17, 15) is 0 Å². The van der Waals surface area contributed by atoms with Gasteiger partial charge in [-0.2, -0.15) is 0 Å². The molecule has 118 valence electrons. The van der Waals surface area contributed by atoms with E-state index in [4.69, 9.17) is 0 Å². The minimum Gasteiger partial charge on any atom is -0.317 e. The maximum atomic E-state index is 3.60. The molecule has 3 atom stereocenters. The van der Waals surface area contributed by atoms with Crippen LogP contribution in [0.4, 0.5) is 0 Å². The largest absolute Gasteiger partial charge is 0.317 e. The predicted molar refractivity (Wildman–Crippen MR) is 88.0 cm³/mol. The minimum absolute atomic E-state index is 0.753. The third-order valence-electron chi connectivity index (χ3n) is 5.58. The first-order valence-electron chi connectivity index (χ1n) is 9.03. The Labute approximate surface area is 126 Å². The molecule has 20 heavy (non-hydrogen) atoms. The van der Waals surface area contributed by atoms with Gasteiger partial charge in [0.15, 0.2) is 0 Å². The van der Waals surface area contributed by atoms with E-state index in [0.717, 1.165) is 29.7 Å². The highest BCUT2D eigenvalue weighted by molar-refractivity contribution is 4.88. The smallest absolute Gasteiger partial charge is 0.0105 e. The van der Waals surface area contributed by atoms with Crippen molar-refractivity contribution in [3.8, 4) is 0 Å². The monoisotopic (exact) mass is 280 g/mol. The van der Waals surface area contributed by atoms with Crippen molar-refractivity contribution >= 4 is 0 Å². The molecule has 2 heteroatoms. The Morgan fingerprint density at radius 3 is 2.40 bits per heavy atom. The molecule has 2 nitrogen and oxygen atoms in total. The average molecular weight is 280 g/mol. The van der Waals surface area contributed by atoms with Crippen molar-refractivity contribution in [3.05, 3.63) is 0 Å². The average Bonchev–Trinajstić information content (AvgIpc) is 3.22. The van der Waals surface area contributed by atoms with Crippen LogP contribution in [0.2, 0.25) is 0 Å². The summed E-state index contributed by atoms with van der Waals surface area (Å²) in [6.07, 6.45) is 8.51. The van der Waals surface area contributed by atoms with Gasteiger partial charge in [-0.15, -0.1) is 0 Å². The zero-order valence-corrected chi connectivity index (χ0v) is 14.2. The lowest BCUT2D eigenvalue weighted by Gasteiger charge is -2.40. The topological polar surface area (TPSA) is 15.3 Å². The van der Waals surface area contributed by atoms with E-state index in [1.165, 1.54) is 58.2 Å². The van der Waals surface area contributed by atoms with Crippen LogP contribution in [0.3, 0.4) is 0 Å². The fraction of sp³-hybridized carbons (Fsp3) is 1.00. The van der Waals surface area contributed by atoms with E-state index in [2.05, 4.69) is 38.0 Å². The lowest BCUT2D eigenvalue weighted by atomic mass is 9.73. The summed E-state index contributed by atoms with van der Waals surface area (Å²) in [7, 11) is 2.17. The van der Waals surface area contributed by atoms with Crippen molar-refractivity contribution in [3.63, 3.8) is 0 Å². The van der Waals surface area contributed by atoms with Crippen molar-refractivity contribution < 1.29 is 0 Å². The molecular formula is C18H36N2. The first-order valence-corrected chi connectivity index (χ1v) is 9.03. The standard InChI is InChI=1S/C18H36N2/c1-5-10-20(12-15-6-7-15)13-17-11-16(14(2)3)8-9-18(17)19-4/h14-19H,5-13H2,1-4H3. The summed E-state index contributed by atoms with van der Waals surface area (Å²) < 4.78 is 0. The van der Waals surface area contributed by atoms with Gasteiger partial charge in [0, 0.05) is 19.1 Å². The van der Waals surface area contributed by atoms with Gasteiger partial charge in [-0.05, 0) is 75.8 Å². The molecule has 2 saturated carbocycles. The predicted octanol–water partition coefficient (Wildman–Crippen LogP) is 3.77. The molecule has 0 radical (unpaired) electrons. The van der Waals surface area contributed by atoms with E-state index in [1.807, 2.05) is 0 Å². The van der Waals surface area contributed by atoms with Crippen LogP contribution < -0.4 is 5.32 Å². The van der Waals surface area contributed by atoms with Crippen LogP contribution >= 0.6 is 0 Å². The fourth-order valence-corrected chi connectivity index (χ4v) is 4.06. The maximum absolute atomic E-state index is 3.60. The first-order chi connectivity index (χ1) is 9.63. The minimum atomic E-state index is 0.753. The Hall–Kier alpha value is -0.0800. The second-order valence-corrected chi connectivity index (χ2v) is 7.68. The van der Waals surface area contributed by atoms with Crippen LogP contribution in [0.1, 0.15) is 59.3 Å². The molecule has 3 unspecified atom stereocenters. The van der Waals surface area contributed by atoms with Gasteiger partial charge in [-0.25, -0.2) is 0 Å². The SMILES string of the molecule is CCCN(CC1CC1)CC1CC(C(C)C)CCC1NC. The molecule has 0 aliphatic heterocycles. The van der Waals surface area contributed by atoms with E-state index in [1.54, 1.807) is 0 Å². The second kappa shape index (κ2) is 7.79. The summed E-state index contributed by atoms with van der Waals surface area (Å²) in [4.78, 5) is 2.77. The summed E-state index contributed by atoms with van der Waals surface area (Å²) >= 11 is 0. The van der Waals surface area contributed by atoms with Crippen molar-refractivity contribution in [1.82, 2.24) is 10.2 Å². The van der Waals surface area contributed by atoms with Crippen LogP contribution in [-0.2, 0) is 0 Å². The fourth-order valence-electron chi connectivity index (χ4n) is 4.06. The summed E-state index contributed by atoms with van der Waals surface area (Å²) in [5.74, 6) is 3.71. The van der Waals surface area contributed by atoms with Gasteiger partial charge >= 0.3 is 0 Å². The van der Waals surface area contributed by atoms with Crippen LogP contribution in [0, 0.1) is 23.7 Å². The Morgan fingerprint density at radius 2 is 1.85 bits per heavy atom. The van der Waals surface area contributed by atoms with Crippen LogP contribution in [0.5, 0.6) is 0 Å². The van der Waals surface area contributed by atoms with Crippen molar-refractivity contribution in [2.24, 2.45) is 23.7 Å². The Balaban J connectivity index is 1.90. The van der Waals surface area contributed by atoms with Crippen molar-refractivity contribution in [2.75, 3.05) is 26.7 Å². The number of hydrogen-bond donors (Lipinski definition) is 1. The Bertz CT molecular complexity index is 273. The highest BCUT2D eigenvalue weighted by atomic mass is 15.1. The summed E-state index contributed by atoms with van der Waals surface area (Å²) in [5.41, 5.74) is 0. The first kappa shape index (κ1) is 16.3.